The lowest BCUT2D eigenvalue weighted by Gasteiger charge is -2.47. The normalized spacial score (nSPS) is 27.9. The lowest BCUT2D eigenvalue weighted by molar-refractivity contribution is -0.150. The van der Waals surface area contributed by atoms with Gasteiger partial charge in [0.05, 0.1) is 12.1 Å². The Morgan fingerprint density at radius 3 is 2.32 bits per heavy atom. The number of fused-ring (bicyclic) bond motifs is 2. The molecule has 2 atom stereocenters. The van der Waals surface area contributed by atoms with Crippen LogP contribution in [0.25, 0.3) is 0 Å². The van der Waals surface area contributed by atoms with Gasteiger partial charge in [-0.25, -0.2) is 13.6 Å². The Balaban J connectivity index is 1.33. The number of piperidine rings is 1. The van der Waals surface area contributed by atoms with Crippen LogP contribution in [0.2, 0.25) is 0 Å². The first-order valence-electron chi connectivity index (χ1n) is 12.4. The zero-order valence-corrected chi connectivity index (χ0v) is 21.0. The third-order valence-electron chi connectivity index (χ3n) is 8.61. The molecule has 6 rings (SSSR count). The molecule has 0 bridgehead atoms. The van der Waals surface area contributed by atoms with Gasteiger partial charge < -0.3 is 15.1 Å². The van der Waals surface area contributed by atoms with E-state index < -0.39 is 34.2 Å². The monoisotopic (exact) mass is 506 g/mol. The molecule has 7 nitrogen and oxygen atoms in total. The Morgan fingerprint density at radius 1 is 0.946 bits per heavy atom. The van der Waals surface area contributed by atoms with Crippen molar-refractivity contribution < 1.29 is 23.2 Å². The van der Waals surface area contributed by atoms with Crippen molar-refractivity contribution in [2.24, 2.45) is 5.41 Å². The molecule has 0 saturated carbocycles. The summed E-state index contributed by atoms with van der Waals surface area (Å²) >= 11 is 0. The first kappa shape index (κ1) is 23.6. The first-order valence-corrected chi connectivity index (χ1v) is 12.4. The highest BCUT2D eigenvalue weighted by atomic mass is 19.1. The average molecular weight is 507 g/mol. The highest BCUT2D eigenvalue weighted by Gasteiger charge is 2.55. The second-order valence-electron chi connectivity index (χ2n) is 11.3. The number of halogens is 2. The molecular weight excluding hydrogens is 478 g/mol. The van der Waals surface area contributed by atoms with Crippen molar-refractivity contribution in [1.82, 2.24) is 15.1 Å². The SMILES string of the molecule is CN1C(=O)NC(=O)C12Cc1ccc(NC3=C[C@@]4(c5cc(F)cc(F)c5)CCC(C)(C)C(=O)N4C3)cc1C2. The fourth-order valence-corrected chi connectivity index (χ4v) is 6.38. The maximum absolute atomic E-state index is 14.2. The summed E-state index contributed by atoms with van der Waals surface area (Å²) in [5.74, 6) is -1.70. The lowest BCUT2D eigenvalue weighted by Crippen LogP contribution is -2.55. The summed E-state index contributed by atoms with van der Waals surface area (Å²) in [6, 6.07) is 8.88. The van der Waals surface area contributed by atoms with Gasteiger partial charge in [-0.05, 0) is 59.9 Å². The summed E-state index contributed by atoms with van der Waals surface area (Å²) in [4.78, 5) is 41.4. The van der Waals surface area contributed by atoms with E-state index in [0.29, 0.717) is 31.2 Å². The van der Waals surface area contributed by atoms with Gasteiger partial charge in [-0.2, -0.15) is 0 Å². The third kappa shape index (κ3) is 3.39. The minimum absolute atomic E-state index is 0.0627. The van der Waals surface area contributed by atoms with Crippen LogP contribution in [0.5, 0.6) is 0 Å². The molecule has 0 radical (unpaired) electrons. The maximum Gasteiger partial charge on any atom is 0.324 e. The van der Waals surface area contributed by atoms with Crippen molar-refractivity contribution >= 4 is 23.5 Å². The van der Waals surface area contributed by atoms with Crippen LogP contribution in [0.4, 0.5) is 19.3 Å². The fourth-order valence-electron chi connectivity index (χ4n) is 6.38. The van der Waals surface area contributed by atoms with Gasteiger partial charge in [0.2, 0.25) is 5.91 Å². The Kier molecular flexibility index (Phi) is 4.87. The van der Waals surface area contributed by atoms with Gasteiger partial charge in [0.15, 0.2) is 0 Å². The number of benzene rings is 2. The molecule has 2 N–H and O–H groups in total. The molecule has 3 heterocycles. The Bertz CT molecular complexity index is 1400. The minimum atomic E-state index is -0.941. The van der Waals surface area contributed by atoms with Crippen molar-refractivity contribution in [2.45, 2.75) is 50.6 Å². The van der Waals surface area contributed by atoms with Gasteiger partial charge in [0.25, 0.3) is 5.91 Å². The quantitative estimate of drug-likeness (QED) is 0.620. The first-order chi connectivity index (χ1) is 17.4. The molecule has 37 heavy (non-hydrogen) atoms. The smallest absolute Gasteiger partial charge is 0.324 e. The van der Waals surface area contributed by atoms with Crippen molar-refractivity contribution in [3.63, 3.8) is 0 Å². The molecular formula is C28H28F2N4O3. The van der Waals surface area contributed by atoms with Crippen LogP contribution in [0, 0.1) is 17.0 Å². The van der Waals surface area contributed by atoms with E-state index in [-0.39, 0.29) is 18.4 Å². The largest absolute Gasteiger partial charge is 0.358 e. The Labute approximate surface area is 213 Å². The highest BCUT2D eigenvalue weighted by Crippen LogP contribution is 2.49. The van der Waals surface area contributed by atoms with E-state index in [1.54, 1.807) is 11.9 Å². The fraction of sp³-hybridized carbons (Fsp3) is 0.393. The summed E-state index contributed by atoms with van der Waals surface area (Å²) in [5, 5.41) is 5.81. The van der Waals surface area contributed by atoms with Gasteiger partial charge in [-0.15, -0.1) is 0 Å². The average Bonchev–Trinajstić information content (AvgIpc) is 3.46. The summed E-state index contributed by atoms with van der Waals surface area (Å²) in [6.07, 6.45) is 3.91. The van der Waals surface area contributed by atoms with E-state index in [0.717, 1.165) is 28.6 Å². The number of urea groups is 1. The maximum atomic E-state index is 14.2. The van der Waals surface area contributed by atoms with Crippen LogP contribution in [-0.4, -0.2) is 46.8 Å². The minimum Gasteiger partial charge on any atom is -0.358 e. The molecule has 4 aliphatic rings. The lowest BCUT2D eigenvalue weighted by atomic mass is 9.72. The van der Waals surface area contributed by atoms with Gasteiger partial charge in [0.1, 0.15) is 17.2 Å². The number of amides is 4. The third-order valence-corrected chi connectivity index (χ3v) is 8.61. The van der Waals surface area contributed by atoms with Crippen molar-refractivity contribution in [3.8, 4) is 0 Å². The number of rotatable bonds is 3. The number of carbonyl (C=O) groups excluding carboxylic acids is 3. The molecule has 2 aromatic rings. The van der Waals surface area contributed by atoms with Gasteiger partial charge in [-0.1, -0.05) is 19.9 Å². The number of imide groups is 1. The molecule has 2 saturated heterocycles. The predicted molar refractivity (Wildman–Crippen MR) is 132 cm³/mol. The van der Waals surface area contributed by atoms with E-state index in [9.17, 15) is 23.2 Å². The summed E-state index contributed by atoms with van der Waals surface area (Å²) in [6.45, 7) is 4.07. The van der Waals surface area contributed by atoms with E-state index in [1.807, 2.05) is 38.1 Å². The van der Waals surface area contributed by atoms with Crippen molar-refractivity contribution in [2.75, 3.05) is 18.9 Å². The van der Waals surface area contributed by atoms with Crippen LogP contribution in [0.3, 0.4) is 0 Å². The number of nitrogens with one attached hydrogen (secondary N) is 2. The predicted octanol–water partition coefficient (Wildman–Crippen LogP) is 3.84. The molecule has 2 fully saturated rings. The van der Waals surface area contributed by atoms with E-state index in [2.05, 4.69) is 10.6 Å². The van der Waals surface area contributed by atoms with E-state index >= 15 is 0 Å². The molecule has 1 unspecified atom stereocenters. The second-order valence-corrected chi connectivity index (χ2v) is 11.3. The number of anilines is 1. The molecule has 2 aromatic carbocycles. The van der Waals surface area contributed by atoms with Crippen LogP contribution in [-0.2, 0) is 28.0 Å². The number of hydrogen-bond acceptors (Lipinski definition) is 4. The molecule has 0 aromatic heterocycles. The molecule has 192 valence electrons. The van der Waals surface area contributed by atoms with Gasteiger partial charge in [0, 0.05) is 42.8 Å². The van der Waals surface area contributed by atoms with Gasteiger partial charge in [-0.3, -0.25) is 14.9 Å². The standard InChI is InChI=1S/C28H28F2N4O3/c1-26(2)6-7-27(18-9-19(29)11-20(30)10-18)14-22(15-34(27)24(26)36)31-21-5-4-16-12-28(13-17(16)8-21)23(35)32-25(37)33(28)3/h4-5,8-11,14,31H,6-7,12-13,15H2,1-3H3,(H,32,35,37)/t27-,28?/m1/s1. The molecule has 4 amide bonds. The Morgan fingerprint density at radius 2 is 1.65 bits per heavy atom. The van der Waals surface area contributed by atoms with Crippen molar-refractivity contribution in [3.05, 3.63) is 76.5 Å². The van der Waals surface area contributed by atoms with Crippen LogP contribution in [0.15, 0.2) is 48.2 Å². The summed E-state index contributed by atoms with van der Waals surface area (Å²) in [5.41, 5.74) is 1.50. The molecule has 1 spiro atoms. The van der Waals surface area contributed by atoms with Crippen molar-refractivity contribution in [1.29, 1.82) is 0 Å². The zero-order chi connectivity index (χ0) is 26.3. The highest BCUT2D eigenvalue weighted by molar-refractivity contribution is 6.07. The summed E-state index contributed by atoms with van der Waals surface area (Å²) < 4.78 is 28.5. The molecule has 9 heteroatoms. The Hall–Kier alpha value is -3.75. The van der Waals surface area contributed by atoms with E-state index in [4.69, 9.17) is 0 Å². The summed E-state index contributed by atoms with van der Waals surface area (Å²) in [7, 11) is 1.64. The number of hydrogen-bond donors (Lipinski definition) is 2. The van der Waals surface area contributed by atoms with E-state index in [1.165, 1.54) is 17.0 Å². The van der Waals surface area contributed by atoms with Crippen LogP contribution < -0.4 is 10.6 Å². The number of carbonyl (C=O) groups is 3. The number of nitrogens with zero attached hydrogens (tertiary/aromatic N) is 2. The van der Waals surface area contributed by atoms with Crippen LogP contribution in [0.1, 0.15) is 43.4 Å². The molecule has 3 aliphatic heterocycles. The zero-order valence-electron chi connectivity index (χ0n) is 21.0. The van der Waals surface area contributed by atoms with Gasteiger partial charge >= 0.3 is 6.03 Å². The molecule has 1 aliphatic carbocycles. The van der Waals surface area contributed by atoms with Crippen LogP contribution >= 0.6 is 0 Å². The number of likely N-dealkylation sites (N-methyl/N-ethyl adjacent to an activating group) is 1. The second kappa shape index (κ2) is 7.63. The topological polar surface area (TPSA) is 81.8 Å².